The second-order valence-corrected chi connectivity index (χ2v) is 18.7. The number of ketones is 1. The zero-order valence-corrected chi connectivity index (χ0v) is 40.6. The number of benzene rings is 1. The Morgan fingerprint density at radius 1 is 0.737 bits per heavy atom. The number of Topliss-reactive ketones (excluding diaryl/α,β-unsaturated/α-hetero) is 1. The SMILES string of the molecule is CCC(=O)CCC(CNC(=O)CC)OC(C)C.CCNC(C)C.Cc1c(C)c2c(c(C)c1OC(C)C)CC[C@@](C)(CCC[C@H](C)CCC[C@H](C)CCCC(C)C)O2. The summed E-state index contributed by atoms with van der Waals surface area (Å²) in [6, 6.07) is 0.648. The van der Waals surface area contributed by atoms with Crippen molar-refractivity contribution >= 4 is 11.7 Å². The van der Waals surface area contributed by atoms with Crippen molar-refractivity contribution in [3.63, 3.8) is 0 Å². The van der Waals surface area contributed by atoms with E-state index in [1.165, 1.54) is 73.6 Å². The van der Waals surface area contributed by atoms with Gasteiger partial charge in [0.05, 0.1) is 18.3 Å². The normalized spacial score (nSPS) is 16.6. The lowest BCUT2D eigenvalue weighted by atomic mass is 9.83. The Labute approximate surface area is 353 Å². The minimum absolute atomic E-state index is 0.0178. The van der Waals surface area contributed by atoms with Crippen LogP contribution in [0.1, 0.15) is 209 Å². The summed E-state index contributed by atoms with van der Waals surface area (Å²) >= 11 is 0. The molecule has 0 spiro atoms. The molecule has 334 valence electrons. The van der Waals surface area contributed by atoms with Gasteiger partial charge in [-0.25, -0.2) is 0 Å². The molecule has 0 bridgehead atoms. The smallest absolute Gasteiger partial charge is 0.219 e. The summed E-state index contributed by atoms with van der Waals surface area (Å²) in [6.45, 7) is 38.3. The van der Waals surface area contributed by atoms with Gasteiger partial charge in [-0.1, -0.05) is 107 Å². The third-order valence-corrected chi connectivity index (χ3v) is 11.3. The van der Waals surface area contributed by atoms with Crippen LogP contribution in [0.5, 0.6) is 11.5 Å². The first kappa shape index (κ1) is 54.9. The highest BCUT2D eigenvalue weighted by Crippen LogP contribution is 2.45. The van der Waals surface area contributed by atoms with E-state index in [4.69, 9.17) is 14.2 Å². The quantitative estimate of drug-likeness (QED) is 0.102. The maximum atomic E-state index is 11.3. The second kappa shape index (κ2) is 30.0. The molecule has 0 saturated carbocycles. The first-order valence-electron chi connectivity index (χ1n) is 23.3. The summed E-state index contributed by atoms with van der Waals surface area (Å²) in [6.07, 6.45) is 16.8. The van der Waals surface area contributed by atoms with E-state index >= 15 is 0 Å². The fraction of sp³-hybridized carbons (Fsp3) is 0.840. The van der Waals surface area contributed by atoms with Gasteiger partial charge in [-0.05, 0) is 128 Å². The molecule has 1 aromatic rings. The molecule has 4 atom stereocenters. The monoisotopic (exact) mass is 803 g/mol. The van der Waals surface area contributed by atoms with Crippen LogP contribution in [0.3, 0.4) is 0 Å². The summed E-state index contributed by atoms with van der Waals surface area (Å²) in [5.74, 6) is 5.03. The highest BCUT2D eigenvalue weighted by molar-refractivity contribution is 5.78. The lowest BCUT2D eigenvalue weighted by Crippen LogP contribution is -2.37. The molecular formula is C50H94N2O5. The maximum absolute atomic E-state index is 11.3. The molecule has 1 unspecified atom stereocenters. The van der Waals surface area contributed by atoms with Gasteiger partial charge in [-0.3, -0.25) is 9.59 Å². The van der Waals surface area contributed by atoms with Gasteiger partial charge < -0.3 is 24.8 Å². The summed E-state index contributed by atoms with van der Waals surface area (Å²) in [7, 11) is 0. The molecule has 0 fully saturated rings. The fourth-order valence-electron chi connectivity index (χ4n) is 7.54. The number of carbonyl (C=O) groups excluding carboxylic acids is 2. The summed E-state index contributed by atoms with van der Waals surface area (Å²) in [5, 5.41) is 6.01. The molecule has 0 aromatic heterocycles. The van der Waals surface area contributed by atoms with Crippen LogP contribution in [0.15, 0.2) is 0 Å². The van der Waals surface area contributed by atoms with E-state index in [-0.39, 0.29) is 35.6 Å². The molecule has 1 aliphatic rings. The zero-order chi connectivity index (χ0) is 43.7. The Morgan fingerprint density at radius 3 is 1.79 bits per heavy atom. The van der Waals surface area contributed by atoms with Crippen LogP contribution in [-0.4, -0.2) is 54.7 Å². The van der Waals surface area contributed by atoms with Crippen molar-refractivity contribution in [1.82, 2.24) is 10.6 Å². The van der Waals surface area contributed by atoms with E-state index in [1.807, 2.05) is 27.7 Å². The lowest BCUT2D eigenvalue weighted by Gasteiger charge is -2.38. The Kier molecular flexibility index (Phi) is 28.9. The predicted octanol–water partition coefficient (Wildman–Crippen LogP) is 13.0. The number of nitrogens with one attached hydrogen (secondary N) is 2. The number of rotatable bonds is 25. The van der Waals surface area contributed by atoms with Gasteiger partial charge in [-0.15, -0.1) is 0 Å². The van der Waals surface area contributed by atoms with Gasteiger partial charge in [0, 0.05) is 37.4 Å². The molecule has 57 heavy (non-hydrogen) atoms. The molecule has 2 N–H and O–H groups in total. The van der Waals surface area contributed by atoms with Crippen LogP contribution >= 0.6 is 0 Å². The van der Waals surface area contributed by atoms with Crippen molar-refractivity contribution in [3.8, 4) is 11.5 Å². The molecule has 0 aliphatic carbocycles. The van der Waals surface area contributed by atoms with Gasteiger partial charge >= 0.3 is 0 Å². The van der Waals surface area contributed by atoms with Crippen LogP contribution < -0.4 is 20.1 Å². The molecule has 2 rings (SSSR count). The van der Waals surface area contributed by atoms with Crippen LogP contribution in [0.25, 0.3) is 0 Å². The molecule has 1 aliphatic heterocycles. The maximum Gasteiger partial charge on any atom is 0.219 e. The van der Waals surface area contributed by atoms with Crippen LogP contribution in [0.2, 0.25) is 0 Å². The lowest BCUT2D eigenvalue weighted by molar-refractivity contribution is -0.121. The highest BCUT2D eigenvalue weighted by Gasteiger charge is 2.34. The minimum atomic E-state index is -0.0685. The van der Waals surface area contributed by atoms with E-state index in [2.05, 4.69) is 101 Å². The largest absolute Gasteiger partial charge is 0.490 e. The minimum Gasteiger partial charge on any atom is -0.490 e. The fourth-order valence-corrected chi connectivity index (χ4v) is 7.54. The van der Waals surface area contributed by atoms with Crippen LogP contribution in [0, 0.1) is 38.5 Å². The highest BCUT2D eigenvalue weighted by atomic mass is 16.5. The van der Waals surface area contributed by atoms with Gasteiger partial charge in [0.1, 0.15) is 22.9 Å². The van der Waals surface area contributed by atoms with E-state index in [0.29, 0.717) is 38.3 Å². The average Bonchev–Trinajstić information content (AvgIpc) is 3.13. The third kappa shape index (κ3) is 24.5. The summed E-state index contributed by atoms with van der Waals surface area (Å²) < 4.78 is 18.6. The zero-order valence-electron chi connectivity index (χ0n) is 40.6. The topological polar surface area (TPSA) is 85.9 Å². The van der Waals surface area contributed by atoms with Crippen molar-refractivity contribution in [3.05, 3.63) is 22.3 Å². The molecule has 0 saturated heterocycles. The van der Waals surface area contributed by atoms with Gasteiger partial charge in [0.25, 0.3) is 0 Å². The number of hydrogen-bond donors (Lipinski definition) is 2. The standard InChI is InChI=1S/C32H56O2.C13H25NO3.C5H13N/c1-22(2)14-11-15-24(5)16-12-17-25(6)18-13-20-32(10)21-19-29-28(9)30(33-23(3)4)26(7)27(8)31(29)34-32;1-5-11(15)7-8-12(17-10(3)4)9-14-13(16)6-2;1-4-6-5(2)3/h22-25H,11-21H2,1-10H3;10,12H,5-9H2,1-4H3,(H,14,16);5-6H,4H2,1-3H3/t24-,25-,32-;;/m1../s1. The van der Waals surface area contributed by atoms with Gasteiger partial charge in [0.15, 0.2) is 0 Å². The summed E-state index contributed by atoms with van der Waals surface area (Å²) in [5.41, 5.74) is 5.11. The Bertz CT molecular complexity index is 1220. The number of carbonyl (C=O) groups is 2. The van der Waals surface area contributed by atoms with Crippen molar-refractivity contribution in [2.75, 3.05) is 13.1 Å². The number of fused-ring (bicyclic) bond motifs is 1. The second-order valence-electron chi connectivity index (χ2n) is 18.7. The van der Waals surface area contributed by atoms with E-state index in [0.717, 1.165) is 55.1 Å². The predicted molar refractivity (Wildman–Crippen MR) is 245 cm³/mol. The number of ether oxygens (including phenoxy) is 3. The Balaban J connectivity index is 0.00000113. The van der Waals surface area contributed by atoms with Crippen molar-refractivity contribution in [1.29, 1.82) is 0 Å². The van der Waals surface area contributed by atoms with E-state index in [9.17, 15) is 9.59 Å². The van der Waals surface area contributed by atoms with Crippen molar-refractivity contribution in [2.24, 2.45) is 17.8 Å². The molecule has 7 nitrogen and oxygen atoms in total. The molecular weight excluding hydrogens is 709 g/mol. The number of hydrogen-bond acceptors (Lipinski definition) is 6. The van der Waals surface area contributed by atoms with Crippen molar-refractivity contribution in [2.45, 2.75) is 244 Å². The molecule has 0 radical (unpaired) electrons. The Hall–Kier alpha value is -2.12. The average molecular weight is 803 g/mol. The van der Waals surface area contributed by atoms with E-state index < -0.39 is 0 Å². The molecule has 1 amide bonds. The first-order chi connectivity index (χ1) is 26.7. The Morgan fingerprint density at radius 2 is 1.32 bits per heavy atom. The van der Waals surface area contributed by atoms with Gasteiger partial charge in [0.2, 0.25) is 5.91 Å². The third-order valence-electron chi connectivity index (χ3n) is 11.3. The summed E-state index contributed by atoms with van der Waals surface area (Å²) in [4.78, 5) is 22.4. The van der Waals surface area contributed by atoms with Crippen LogP contribution in [-0.2, 0) is 20.7 Å². The first-order valence-corrected chi connectivity index (χ1v) is 23.3. The van der Waals surface area contributed by atoms with Crippen molar-refractivity contribution < 1.29 is 23.8 Å². The molecule has 1 aromatic carbocycles. The molecule has 1 heterocycles. The molecule has 7 heteroatoms. The van der Waals surface area contributed by atoms with Crippen LogP contribution in [0.4, 0.5) is 0 Å². The van der Waals surface area contributed by atoms with Gasteiger partial charge in [-0.2, -0.15) is 0 Å². The number of amides is 1. The van der Waals surface area contributed by atoms with E-state index in [1.54, 1.807) is 0 Å².